The first kappa shape index (κ1) is 41.5. The van der Waals surface area contributed by atoms with Crippen molar-refractivity contribution in [2.24, 2.45) is 17.8 Å². The number of Topliss-reactive ketones (excluding diaryl/α,β-unsaturated/α-hetero) is 1. The van der Waals surface area contributed by atoms with E-state index >= 15 is 0 Å². The Kier molecular flexibility index (Phi) is 15.4. The number of nitrogens with one attached hydrogen (secondary N) is 6. The summed E-state index contributed by atoms with van der Waals surface area (Å²) in [4.78, 5) is 78.6. The minimum absolute atomic E-state index is 0.0780. The van der Waals surface area contributed by atoms with Crippen LogP contribution in [0.4, 0.5) is 4.79 Å². The molecule has 3 fully saturated rings. The van der Waals surface area contributed by atoms with Gasteiger partial charge in [0.15, 0.2) is 5.78 Å². The zero-order valence-corrected chi connectivity index (χ0v) is 31.7. The van der Waals surface area contributed by atoms with Crippen molar-refractivity contribution in [2.45, 2.75) is 154 Å². The van der Waals surface area contributed by atoms with Crippen LogP contribution in [0.1, 0.15) is 100 Å². The van der Waals surface area contributed by atoms with Crippen LogP contribution < -0.4 is 31.9 Å². The van der Waals surface area contributed by atoms with E-state index in [4.69, 9.17) is 4.74 Å². The molecule has 50 heavy (non-hydrogen) atoms. The van der Waals surface area contributed by atoms with Gasteiger partial charge in [-0.05, 0) is 50.9 Å². The first-order valence-corrected chi connectivity index (χ1v) is 19.3. The third kappa shape index (κ3) is 11.3. The van der Waals surface area contributed by atoms with Gasteiger partial charge >= 0.3 is 6.03 Å². The molecule has 7 N–H and O–H groups in total. The molecule has 0 aliphatic carbocycles. The average molecular weight is 725 g/mol. The molecule has 284 valence electrons. The lowest BCUT2D eigenvalue weighted by Gasteiger charge is -2.31. The Balaban J connectivity index is 1.60. The summed E-state index contributed by atoms with van der Waals surface area (Å²) in [7, 11) is 0. The maximum atomic E-state index is 13.7. The Morgan fingerprint density at radius 1 is 0.880 bits per heavy atom. The summed E-state index contributed by atoms with van der Waals surface area (Å²) in [6.07, 6.45) is 2.72. The van der Waals surface area contributed by atoms with Gasteiger partial charge in [0.1, 0.15) is 23.7 Å². The molecular formula is C35H60N6O8S. The Morgan fingerprint density at radius 3 is 1.98 bits per heavy atom. The van der Waals surface area contributed by atoms with E-state index in [2.05, 4.69) is 31.9 Å². The minimum Gasteiger partial charge on any atom is -0.391 e. The fourth-order valence-electron chi connectivity index (χ4n) is 6.40. The van der Waals surface area contributed by atoms with Gasteiger partial charge in [0, 0.05) is 17.4 Å². The number of hydrogen-bond donors (Lipinski definition) is 7. The van der Waals surface area contributed by atoms with Gasteiger partial charge in [-0.2, -0.15) is 11.8 Å². The molecular weight excluding hydrogens is 664 g/mol. The zero-order valence-electron chi connectivity index (χ0n) is 30.9. The number of carbonyl (C=O) groups is 6. The fraction of sp³-hybridized carbons (Fsp3) is 0.829. The molecule has 0 spiro atoms. The van der Waals surface area contributed by atoms with Gasteiger partial charge < -0.3 is 41.7 Å². The van der Waals surface area contributed by atoms with Crippen LogP contribution in [-0.4, -0.2) is 106 Å². The average Bonchev–Trinajstić information content (AvgIpc) is 3.55. The second-order valence-corrected chi connectivity index (χ2v) is 16.2. The monoisotopic (exact) mass is 724 g/mol. The first-order valence-electron chi connectivity index (χ1n) is 18.3. The van der Waals surface area contributed by atoms with Crippen LogP contribution >= 0.6 is 11.8 Å². The van der Waals surface area contributed by atoms with Gasteiger partial charge in [-0.15, -0.1) is 0 Å². The number of unbranched alkanes of at least 4 members (excludes halogenated alkanes) is 1. The standard InChI is InChI=1S/C35H60N6O8S/c1-9-19(5)26(38-25(43)14-12-11-13-24-29-23(16-50-24)37-34(48)41-29)31(45)39-27(20(6)10-2)32(46)40-28(21(7)42)33(47)36-22(15-18(3)4)30(44)35(8)17-49-35/h18-24,26-29,42H,9-17H2,1-8H3,(H,36,47)(H,38,43)(H,39,45)(H,40,46)(H2,37,41,48)/t19-,20-,21+,22-,23-,24-,26-,27-,28-,29-,35+/m0/s1. The van der Waals surface area contributed by atoms with Gasteiger partial charge in [0.25, 0.3) is 0 Å². The smallest absolute Gasteiger partial charge is 0.315 e. The number of ether oxygens (including phenoxy) is 1. The number of amides is 6. The maximum absolute atomic E-state index is 13.7. The molecule has 0 aromatic carbocycles. The van der Waals surface area contributed by atoms with Crippen LogP contribution in [0.25, 0.3) is 0 Å². The molecule has 0 radical (unpaired) electrons. The van der Waals surface area contributed by atoms with Crippen LogP contribution in [0.5, 0.6) is 0 Å². The maximum Gasteiger partial charge on any atom is 0.315 e. The Labute approximate surface area is 300 Å². The Hall–Kier alpha value is -2.91. The van der Waals surface area contributed by atoms with Crippen molar-refractivity contribution >= 4 is 47.2 Å². The zero-order chi connectivity index (χ0) is 37.3. The number of urea groups is 1. The van der Waals surface area contributed by atoms with Gasteiger partial charge in [-0.3, -0.25) is 24.0 Å². The molecule has 3 rings (SSSR count). The van der Waals surface area contributed by atoms with E-state index in [0.29, 0.717) is 30.9 Å². The summed E-state index contributed by atoms with van der Waals surface area (Å²) in [5, 5.41) is 27.8. The van der Waals surface area contributed by atoms with Gasteiger partial charge in [0.05, 0.1) is 30.8 Å². The first-order chi connectivity index (χ1) is 23.5. The summed E-state index contributed by atoms with van der Waals surface area (Å²) in [5.74, 6) is -2.03. The quantitative estimate of drug-likeness (QED) is 0.0520. The van der Waals surface area contributed by atoms with Crippen LogP contribution in [0.2, 0.25) is 0 Å². The highest BCUT2D eigenvalue weighted by molar-refractivity contribution is 8.00. The molecule has 0 bridgehead atoms. The number of carbonyl (C=O) groups excluding carboxylic acids is 6. The van der Waals surface area contributed by atoms with E-state index in [-0.39, 0.29) is 60.6 Å². The van der Waals surface area contributed by atoms with Crippen molar-refractivity contribution in [3.63, 3.8) is 0 Å². The molecule has 0 unspecified atom stereocenters. The molecule has 3 aliphatic heterocycles. The van der Waals surface area contributed by atoms with Gasteiger partial charge in [-0.25, -0.2) is 4.79 Å². The van der Waals surface area contributed by atoms with Crippen LogP contribution in [0.15, 0.2) is 0 Å². The van der Waals surface area contributed by atoms with Crippen molar-refractivity contribution < 1.29 is 38.6 Å². The second-order valence-electron chi connectivity index (χ2n) is 15.0. The molecule has 3 aliphatic rings. The molecule has 0 aromatic heterocycles. The summed E-state index contributed by atoms with van der Waals surface area (Å²) in [6, 6.07) is -4.07. The lowest BCUT2D eigenvalue weighted by atomic mass is 9.93. The molecule has 0 saturated carbocycles. The van der Waals surface area contributed by atoms with Crippen LogP contribution in [-0.2, 0) is 28.7 Å². The number of aliphatic hydroxyl groups is 1. The number of aliphatic hydroxyl groups excluding tert-OH is 1. The topological polar surface area (TPSA) is 207 Å². The lowest BCUT2D eigenvalue weighted by Crippen LogP contribution is -2.62. The van der Waals surface area contributed by atoms with E-state index in [1.54, 1.807) is 13.8 Å². The summed E-state index contributed by atoms with van der Waals surface area (Å²) in [6.45, 7) is 14.6. The van der Waals surface area contributed by atoms with E-state index in [1.165, 1.54) is 6.92 Å². The third-order valence-electron chi connectivity index (χ3n) is 10.2. The number of hydrogen-bond acceptors (Lipinski definition) is 9. The predicted molar refractivity (Wildman–Crippen MR) is 191 cm³/mol. The highest BCUT2D eigenvalue weighted by Crippen LogP contribution is 2.33. The largest absolute Gasteiger partial charge is 0.391 e. The van der Waals surface area contributed by atoms with Gasteiger partial charge in [0.2, 0.25) is 23.6 Å². The molecule has 0 aromatic rings. The molecule has 15 heteroatoms. The number of thioether (sulfide) groups is 1. The summed E-state index contributed by atoms with van der Waals surface area (Å²) < 4.78 is 5.31. The van der Waals surface area contributed by atoms with E-state index < -0.39 is 53.6 Å². The number of epoxide rings is 1. The highest BCUT2D eigenvalue weighted by atomic mass is 32.2. The third-order valence-corrected chi connectivity index (χ3v) is 11.7. The predicted octanol–water partition coefficient (Wildman–Crippen LogP) is 1.53. The molecule has 14 nitrogen and oxygen atoms in total. The lowest BCUT2D eigenvalue weighted by molar-refractivity contribution is -0.137. The van der Waals surface area contributed by atoms with Crippen LogP contribution in [0, 0.1) is 17.8 Å². The van der Waals surface area contributed by atoms with Gasteiger partial charge in [-0.1, -0.05) is 60.8 Å². The molecule has 3 saturated heterocycles. The fourth-order valence-corrected chi connectivity index (χ4v) is 7.94. The Bertz CT molecular complexity index is 1230. The van der Waals surface area contributed by atoms with Crippen LogP contribution in [0.3, 0.4) is 0 Å². The number of fused-ring (bicyclic) bond motifs is 1. The highest BCUT2D eigenvalue weighted by Gasteiger charge is 2.50. The molecule has 6 amide bonds. The van der Waals surface area contributed by atoms with Crippen molar-refractivity contribution in [3.05, 3.63) is 0 Å². The normalized spacial score (nSPS) is 26.6. The SMILES string of the molecule is CC[C@H](C)[C@H](NC(=O)CCCC[C@@H]1SC[C@@H]2NC(=O)N[C@@H]21)C(=O)N[C@H](C(=O)N[C@H](C(=O)N[C@@H](CC(C)C)C(=O)[C@@]1(C)CO1)[C@@H](C)O)[C@@H](C)CC. The number of rotatable bonds is 21. The minimum atomic E-state index is -1.39. The molecule has 3 heterocycles. The van der Waals surface area contributed by atoms with Crippen molar-refractivity contribution in [2.75, 3.05) is 12.4 Å². The van der Waals surface area contributed by atoms with E-state index in [0.717, 1.165) is 18.6 Å². The number of ketones is 1. The Morgan fingerprint density at radius 2 is 1.44 bits per heavy atom. The van der Waals surface area contributed by atoms with Crippen molar-refractivity contribution in [1.82, 2.24) is 31.9 Å². The second kappa shape index (κ2) is 18.5. The van der Waals surface area contributed by atoms with Crippen molar-refractivity contribution in [3.8, 4) is 0 Å². The molecule has 11 atom stereocenters. The van der Waals surface area contributed by atoms with E-state index in [1.807, 2.05) is 46.4 Å². The van der Waals surface area contributed by atoms with Crippen molar-refractivity contribution in [1.29, 1.82) is 0 Å². The summed E-state index contributed by atoms with van der Waals surface area (Å²) >= 11 is 1.83. The summed E-state index contributed by atoms with van der Waals surface area (Å²) in [5.41, 5.74) is -0.962. The van der Waals surface area contributed by atoms with E-state index in [9.17, 15) is 33.9 Å².